The van der Waals surface area contributed by atoms with Crippen LogP contribution in [-0.2, 0) is 21.7 Å². The number of nitrogens with zero attached hydrogens (tertiary/aromatic N) is 3. The highest BCUT2D eigenvalue weighted by atomic mass is 32.2. The lowest BCUT2D eigenvalue weighted by molar-refractivity contribution is 0.0895. The molecule has 0 saturated carbocycles. The van der Waals surface area contributed by atoms with E-state index in [1.807, 2.05) is 55.5 Å². The van der Waals surface area contributed by atoms with Crippen LogP contribution in [0.25, 0.3) is 5.69 Å². The molecule has 0 unspecified atom stereocenters. The number of carbonyl (C=O) groups excluding carboxylic acids is 2. The number of para-hydroxylation sites is 1. The summed E-state index contributed by atoms with van der Waals surface area (Å²) in [7, 11) is -3.30. The second kappa shape index (κ2) is 13.6. The van der Waals surface area contributed by atoms with Crippen LogP contribution in [0.3, 0.4) is 0 Å². The number of benzene rings is 3. The second-order valence-electron chi connectivity index (χ2n) is 13.3. The average Bonchev–Trinajstić information content (AvgIpc) is 3.43. The first-order valence-electron chi connectivity index (χ1n) is 15.7. The molecule has 9 nitrogen and oxygen atoms in total. The van der Waals surface area contributed by atoms with E-state index in [1.54, 1.807) is 16.8 Å². The fourth-order valence-corrected chi connectivity index (χ4v) is 6.28. The number of hydrogen-bond acceptors (Lipinski definition) is 6. The zero-order valence-corrected chi connectivity index (χ0v) is 28.0. The summed E-state index contributed by atoms with van der Waals surface area (Å²) in [6.45, 7) is 10.2. The number of anilines is 2. The number of aryl methyl sites for hydroxylation is 1. The number of urea groups is 1. The molecular formula is C36H43N5O4S. The summed E-state index contributed by atoms with van der Waals surface area (Å²) in [5, 5.41) is 10.9. The Kier molecular flexibility index (Phi) is 9.79. The van der Waals surface area contributed by atoms with Gasteiger partial charge >= 0.3 is 6.03 Å². The van der Waals surface area contributed by atoms with Crippen molar-refractivity contribution in [2.75, 3.05) is 36.5 Å². The Labute approximate surface area is 271 Å². The van der Waals surface area contributed by atoms with E-state index < -0.39 is 9.84 Å². The lowest BCUT2D eigenvalue weighted by Gasteiger charge is -2.31. The molecule has 2 amide bonds. The summed E-state index contributed by atoms with van der Waals surface area (Å²) in [6.07, 6.45) is 3.85. The third kappa shape index (κ3) is 8.30. The van der Waals surface area contributed by atoms with Crippen LogP contribution in [0.15, 0.2) is 83.8 Å². The molecule has 46 heavy (non-hydrogen) atoms. The van der Waals surface area contributed by atoms with Crippen molar-refractivity contribution >= 4 is 33.2 Å². The number of amides is 2. The molecule has 5 rings (SSSR count). The first-order valence-corrected chi connectivity index (χ1v) is 17.5. The Morgan fingerprint density at radius 1 is 0.913 bits per heavy atom. The molecule has 1 fully saturated rings. The lowest BCUT2D eigenvalue weighted by Crippen LogP contribution is -2.38. The van der Waals surface area contributed by atoms with Gasteiger partial charge in [0.05, 0.1) is 22.8 Å². The fraction of sp³-hybridized carbons (Fsp3) is 0.361. The molecule has 1 aliphatic rings. The number of hydrogen-bond donors (Lipinski definition) is 2. The number of nitrogens with one attached hydrogen (secondary N) is 2. The third-order valence-electron chi connectivity index (χ3n) is 8.45. The van der Waals surface area contributed by atoms with Crippen LogP contribution < -0.4 is 10.6 Å². The van der Waals surface area contributed by atoms with Crippen LogP contribution in [-0.4, -0.2) is 60.8 Å². The minimum atomic E-state index is -3.30. The molecule has 0 spiro atoms. The Hall–Kier alpha value is -4.28. The van der Waals surface area contributed by atoms with Crippen LogP contribution in [0.2, 0.25) is 0 Å². The molecule has 0 atom stereocenters. The lowest BCUT2D eigenvalue weighted by atomic mass is 9.89. The number of Topliss-reactive ketones (excluding diaryl/α,β-unsaturated/α-hetero) is 1. The number of likely N-dealkylation sites (tertiary alicyclic amines) is 1. The number of piperidine rings is 1. The minimum absolute atomic E-state index is 0.0163. The van der Waals surface area contributed by atoms with Gasteiger partial charge in [-0.05, 0) is 81.1 Å². The van der Waals surface area contributed by atoms with E-state index in [2.05, 4.69) is 42.4 Å². The Morgan fingerprint density at radius 2 is 1.57 bits per heavy atom. The number of aromatic nitrogens is 2. The highest BCUT2D eigenvalue weighted by Gasteiger charge is 2.24. The van der Waals surface area contributed by atoms with E-state index in [0.717, 1.165) is 66.8 Å². The van der Waals surface area contributed by atoms with E-state index in [0.29, 0.717) is 23.8 Å². The Bertz CT molecular complexity index is 1800. The normalized spacial score (nSPS) is 14.6. The largest absolute Gasteiger partial charge is 0.324 e. The summed E-state index contributed by atoms with van der Waals surface area (Å²) < 4.78 is 25.2. The second-order valence-corrected chi connectivity index (χ2v) is 15.3. The zero-order chi connectivity index (χ0) is 33.1. The van der Waals surface area contributed by atoms with Gasteiger partial charge in [-0.2, -0.15) is 5.10 Å². The predicted octanol–water partition coefficient (Wildman–Crippen LogP) is 6.66. The smallest absolute Gasteiger partial charge is 0.307 e. The van der Waals surface area contributed by atoms with Crippen LogP contribution in [0.4, 0.5) is 16.3 Å². The van der Waals surface area contributed by atoms with E-state index in [4.69, 9.17) is 5.10 Å². The summed E-state index contributed by atoms with van der Waals surface area (Å²) in [6, 6.07) is 23.7. The number of sulfone groups is 1. The standard InChI is InChI=1S/C36H43N5O4S/c1-25-10-14-29(15-11-25)41-34(23-33(39-41)36(2,3)4)38-35(43)37-31-9-7-6-8-28(31)22-26-18-20-40(21-19-26)24-32(42)27-12-16-30(17-13-27)46(5,44)45/h6-17,23,26H,18-22,24H2,1-5H3,(H2,37,38,43). The summed E-state index contributed by atoms with van der Waals surface area (Å²) in [5.41, 5.74) is 5.06. The van der Waals surface area contributed by atoms with Gasteiger partial charge in [-0.25, -0.2) is 17.9 Å². The van der Waals surface area contributed by atoms with Crippen molar-refractivity contribution in [1.82, 2.24) is 14.7 Å². The molecule has 1 aromatic heterocycles. The molecule has 0 aliphatic carbocycles. The molecule has 242 valence electrons. The zero-order valence-electron chi connectivity index (χ0n) is 27.2. The quantitative estimate of drug-likeness (QED) is 0.198. The molecule has 1 aliphatic heterocycles. The fourth-order valence-electron chi connectivity index (χ4n) is 5.65. The summed E-state index contributed by atoms with van der Waals surface area (Å²) >= 11 is 0. The number of rotatable bonds is 9. The van der Waals surface area contributed by atoms with E-state index >= 15 is 0 Å². The van der Waals surface area contributed by atoms with Gasteiger partial charge in [-0.1, -0.05) is 68.8 Å². The first-order chi connectivity index (χ1) is 21.8. The maximum Gasteiger partial charge on any atom is 0.324 e. The molecule has 3 aromatic carbocycles. The van der Waals surface area contributed by atoms with Crippen LogP contribution >= 0.6 is 0 Å². The van der Waals surface area contributed by atoms with Crippen molar-refractivity contribution in [3.63, 3.8) is 0 Å². The van der Waals surface area contributed by atoms with E-state index in [1.165, 1.54) is 12.1 Å². The van der Waals surface area contributed by atoms with Crippen LogP contribution in [0.1, 0.15) is 60.8 Å². The van der Waals surface area contributed by atoms with Crippen LogP contribution in [0, 0.1) is 12.8 Å². The summed E-state index contributed by atoms with van der Waals surface area (Å²) in [4.78, 5) is 28.5. The monoisotopic (exact) mass is 641 g/mol. The van der Waals surface area contributed by atoms with Gasteiger partial charge in [0.25, 0.3) is 0 Å². The Balaban J connectivity index is 1.19. The first kappa shape index (κ1) is 33.1. The molecular weight excluding hydrogens is 598 g/mol. The van der Waals surface area contributed by atoms with Gasteiger partial charge in [0.15, 0.2) is 15.6 Å². The molecule has 10 heteroatoms. The van der Waals surface area contributed by atoms with Crippen molar-refractivity contribution < 1.29 is 18.0 Å². The Morgan fingerprint density at radius 3 is 2.20 bits per heavy atom. The van der Waals surface area contributed by atoms with Gasteiger partial charge < -0.3 is 5.32 Å². The molecule has 2 heterocycles. The number of carbonyl (C=O) groups is 2. The van der Waals surface area contributed by atoms with Crippen molar-refractivity contribution in [2.24, 2.45) is 5.92 Å². The van der Waals surface area contributed by atoms with Gasteiger partial charge in [0, 0.05) is 29.0 Å². The van der Waals surface area contributed by atoms with Gasteiger partial charge in [0.1, 0.15) is 5.82 Å². The SMILES string of the molecule is Cc1ccc(-n2nc(C(C)(C)C)cc2NC(=O)Nc2ccccc2CC2CCN(CC(=O)c3ccc(S(C)(=O)=O)cc3)CC2)cc1. The maximum absolute atomic E-state index is 13.3. The molecule has 0 bridgehead atoms. The highest BCUT2D eigenvalue weighted by Crippen LogP contribution is 2.28. The highest BCUT2D eigenvalue weighted by molar-refractivity contribution is 7.90. The average molecular weight is 642 g/mol. The minimum Gasteiger partial charge on any atom is -0.307 e. The van der Waals surface area contributed by atoms with Crippen molar-refractivity contribution in [2.45, 2.75) is 57.3 Å². The molecule has 1 saturated heterocycles. The summed E-state index contributed by atoms with van der Waals surface area (Å²) in [5.74, 6) is 0.998. The van der Waals surface area contributed by atoms with Crippen molar-refractivity contribution in [1.29, 1.82) is 0 Å². The number of ketones is 1. The van der Waals surface area contributed by atoms with Gasteiger partial charge in [0.2, 0.25) is 0 Å². The topological polar surface area (TPSA) is 113 Å². The third-order valence-corrected chi connectivity index (χ3v) is 9.58. The van der Waals surface area contributed by atoms with Gasteiger partial charge in [-0.3, -0.25) is 15.0 Å². The van der Waals surface area contributed by atoms with E-state index in [-0.39, 0.29) is 22.1 Å². The molecule has 0 radical (unpaired) electrons. The molecule has 4 aromatic rings. The van der Waals surface area contributed by atoms with Crippen LogP contribution in [0.5, 0.6) is 0 Å². The van der Waals surface area contributed by atoms with Gasteiger partial charge in [-0.15, -0.1) is 0 Å². The predicted molar refractivity (Wildman–Crippen MR) is 183 cm³/mol. The van der Waals surface area contributed by atoms with Crippen molar-refractivity contribution in [3.05, 3.63) is 101 Å². The van der Waals surface area contributed by atoms with E-state index in [9.17, 15) is 18.0 Å². The molecule has 2 N–H and O–H groups in total. The van der Waals surface area contributed by atoms with Crippen molar-refractivity contribution in [3.8, 4) is 5.69 Å². The maximum atomic E-state index is 13.3.